The van der Waals surface area contributed by atoms with Gasteiger partial charge in [0.25, 0.3) is 5.56 Å². The molecular weight excluding hydrogens is 363 g/mol. The van der Waals surface area contributed by atoms with Crippen molar-refractivity contribution in [2.24, 2.45) is 0 Å². The number of amides is 1. The van der Waals surface area contributed by atoms with Crippen molar-refractivity contribution in [1.82, 2.24) is 14.9 Å². The first kappa shape index (κ1) is 18.9. The number of hydrogen-bond acceptors (Lipinski definition) is 3. The molecule has 9 heteroatoms. The third-order valence-electron chi connectivity index (χ3n) is 4.81. The maximum absolute atomic E-state index is 12.9. The maximum atomic E-state index is 12.9. The molecule has 1 aromatic heterocycles. The van der Waals surface area contributed by atoms with Crippen molar-refractivity contribution >= 4 is 5.91 Å². The minimum Gasteiger partial charge on any atom is -0.341 e. The second-order valence-electron chi connectivity index (χ2n) is 6.66. The Bertz CT molecular complexity index is 936. The Morgan fingerprint density at radius 2 is 1.96 bits per heavy atom. The molecular formula is C18H18F3N3O3. The third-order valence-corrected chi connectivity index (χ3v) is 4.81. The van der Waals surface area contributed by atoms with Crippen LogP contribution in [0.5, 0.6) is 0 Å². The molecule has 144 valence electrons. The second-order valence-corrected chi connectivity index (χ2v) is 6.66. The molecule has 27 heavy (non-hydrogen) atoms. The molecule has 1 amide bonds. The number of rotatable bonds is 3. The van der Waals surface area contributed by atoms with Crippen LogP contribution in [0.2, 0.25) is 0 Å². The van der Waals surface area contributed by atoms with Crippen LogP contribution in [0.15, 0.2) is 39.9 Å². The van der Waals surface area contributed by atoms with Gasteiger partial charge in [-0.25, -0.2) is 4.79 Å². The predicted octanol–water partition coefficient (Wildman–Crippen LogP) is 2.20. The highest BCUT2D eigenvalue weighted by atomic mass is 19.4. The number of nitrogens with one attached hydrogen (secondary N) is 2. The smallest absolute Gasteiger partial charge is 0.341 e. The van der Waals surface area contributed by atoms with Gasteiger partial charge in [0.1, 0.15) is 0 Å². The lowest BCUT2D eigenvalue weighted by Gasteiger charge is -2.22. The summed E-state index contributed by atoms with van der Waals surface area (Å²) in [5, 5.41) is 0. The van der Waals surface area contributed by atoms with Gasteiger partial charge in [-0.15, -0.1) is 0 Å². The van der Waals surface area contributed by atoms with E-state index in [0.29, 0.717) is 30.8 Å². The van der Waals surface area contributed by atoms with Crippen molar-refractivity contribution < 1.29 is 18.0 Å². The van der Waals surface area contributed by atoms with Gasteiger partial charge in [-0.1, -0.05) is 18.2 Å². The van der Waals surface area contributed by atoms with Crippen LogP contribution < -0.4 is 11.2 Å². The molecule has 1 fully saturated rings. The fraction of sp³-hybridized carbons (Fsp3) is 0.389. The molecule has 0 aliphatic carbocycles. The molecule has 0 radical (unpaired) electrons. The Labute approximate surface area is 152 Å². The number of aromatic amines is 2. The van der Waals surface area contributed by atoms with E-state index < -0.39 is 28.9 Å². The molecule has 6 nitrogen and oxygen atoms in total. The van der Waals surface area contributed by atoms with Crippen LogP contribution in [0.1, 0.15) is 42.0 Å². The number of likely N-dealkylation sites (tertiary alicyclic amines) is 1. The molecule has 0 saturated carbocycles. The summed E-state index contributed by atoms with van der Waals surface area (Å²) < 4.78 is 38.7. The van der Waals surface area contributed by atoms with Crippen molar-refractivity contribution in [2.45, 2.75) is 31.4 Å². The fourth-order valence-corrected chi connectivity index (χ4v) is 3.32. The first-order valence-electron chi connectivity index (χ1n) is 8.44. The van der Waals surface area contributed by atoms with Crippen LogP contribution in [0.3, 0.4) is 0 Å². The highest BCUT2D eigenvalue weighted by Crippen LogP contribution is 2.32. The topological polar surface area (TPSA) is 86.0 Å². The largest absolute Gasteiger partial charge is 0.416 e. The van der Waals surface area contributed by atoms with Crippen molar-refractivity contribution in [1.29, 1.82) is 0 Å². The normalized spacial score (nSPS) is 18.5. The van der Waals surface area contributed by atoms with Crippen LogP contribution in [0, 0.1) is 0 Å². The van der Waals surface area contributed by atoms with E-state index in [1.807, 2.05) is 0 Å². The van der Waals surface area contributed by atoms with Gasteiger partial charge in [0.15, 0.2) is 0 Å². The Hall–Kier alpha value is -2.84. The lowest BCUT2D eigenvalue weighted by molar-refractivity contribution is -0.138. The Kier molecular flexibility index (Phi) is 4.95. The molecule has 1 saturated heterocycles. The number of alkyl halides is 3. The average Bonchev–Trinajstić information content (AvgIpc) is 3.09. The zero-order valence-electron chi connectivity index (χ0n) is 14.5. The van der Waals surface area contributed by atoms with Crippen LogP contribution >= 0.6 is 0 Å². The molecule has 2 aromatic rings. The number of aromatic nitrogens is 2. The highest BCUT2D eigenvalue weighted by Gasteiger charge is 2.33. The Morgan fingerprint density at radius 1 is 1.22 bits per heavy atom. The van der Waals surface area contributed by atoms with Crippen LogP contribution in [-0.4, -0.2) is 33.9 Å². The van der Waals surface area contributed by atoms with Crippen LogP contribution in [-0.2, 0) is 11.0 Å². The molecule has 0 bridgehead atoms. The van der Waals surface area contributed by atoms with E-state index in [1.54, 1.807) is 11.8 Å². The summed E-state index contributed by atoms with van der Waals surface area (Å²) >= 11 is 0. The van der Waals surface area contributed by atoms with Gasteiger partial charge in [0.05, 0.1) is 11.5 Å². The molecule has 2 N–H and O–H groups in total. The number of benzene rings is 1. The van der Waals surface area contributed by atoms with Crippen molar-refractivity contribution in [3.05, 3.63) is 68.0 Å². The van der Waals surface area contributed by atoms with Crippen molar-refractivity contribution in [2.75, 3.05) is 13.1 Å². The number of halogens is 3. The molecule has 1 aromatic carbocycles. The third kappa shape index (κ3) is 4.12. The van der Waals surface area contributed by atoms with Gasteiger partial charge < -0.3 is 9.88 Å². The molecule has 2 heterocycles. The standard InChI is InChI=1S/C18H18F3N3O3/c1-10(11-3-2-4-13(7-11)18(19,20)21)16(26)24-6-5-12(9-24)14-8-15(25)23-17(27)22-14/h2-4,7-8,10,12H,5-6,9H2,1H3,(H2,22,23,25,27). The molecule has 1 aliphatic rings. The lowest BCUT2D eigenvalue weighted by Crippen LogP contribution is -2.32. The van der Waals surface area contributed by atoms with Crippen LogP contribution in [0.25, 0.3) is 0 Å². The predicted molar refractivity (Wildman–Crippen MR) is 91.5 cm³/mol. The molecule has 1 aliphatic heterocycles. The minimum absolute atomic E-state index is 0.197. The molecule has 3 rings (SSSR count). The van der Waals surface area contributed by atoms with E-state index in [4.69, 9.17) is 0 Å². The number of H-pyrrole nitrogens is 2. The summed E-state index contributed by atoms with van der Waals surface area (Å²) in [4.78, 5) is 41.8. The van der Waals surface area contributed by atoms with Crippen molar-refractivity contribution in [3.8, 4) is 0 Å². The first-order chi connectivity index (χ1) is 12.6. The van der Waals surface area contributed by atoms with E-state index in [9.17, 15) is 27.6 Å². The molecule has 2 unspecified atom stereocenters. The van der Waals surface area contributed by atoms with E-state index in [1.165, 1.54) is 18.2 Å². The van der Waals surface area contributed by atoms with E-state index >= 15 is 0 Å². The average molecular weight is 381 g/mol. The SMILES string of the molecule is CC(C(=O)N1CCC(c2cc(=O)[nH]c(=O)[nH]2)C1)c1cccc(C(F)(F)F)c1. The maximum Gasteiger partial charge on any atom is 0.416 e. The fourth-order valence-electron chi connectivity index (χ4n) is 3.32. The Balaban J connectivity index is 1.75. The lowest BCUT2D eigenvalue weighted by atomic mass is 9.97. The van der Waals surface area contributed by atoms with Crippen LogP contribution in [0.4, 0.5) is 13.2 Å². The van der Waals surface area contributed by atoms with Gasteiger partial charge in [0.2, 0.25) is 5.91 Å². The first-order valence-corrected chi connectivity index (χ1v) is 8.44. The summed E-state index contributed by atoms with van der Waals surface area (Å²) in [6.45, 7) is 2.27. The summed E-state index contributed by atoms with van der Waals surface area (Å²) in [5.41, 5.74) is -1.18. The second kappa shape index (κ2) is 7.05. The van der Waals surface area contributed by atoms with E-state index in [0.717, 1.165) is 12.1 Å². The quantitative estimate of drug-likeness (QED) is 0.855. The van der Waals surface area contributed by atoms with Gasteiger partial charge in [-0.3, -0.25) is 14.6 Å². The summed E-state index contributed by atoms with van der Waals surface area (Å²) in [6, 6.07) is 6.03. The van der Waals surface area contributed by atoms with Gasteiger partial charge in [0, 0.05) is 30.8 Å². The summed E-state index contributed by atoms with van der Waals surface area (Å²) in [7, 11) is 0. The van der Waals surface area contributed by atoms with Crippen molar-refractivity contribution in [3.63, 3.8) is 0 Å². The number of hydrogen-bond donors (Lipinski definition) is 2. The Morgan fingerprint density at radius 3 is 2.63 bits per heavy atom. The monoisotopic (exact) mass is 381 g/mol. The van der Waals surface area contributed by atoms with E-state index in [-0.39, 0.29) is 11.8 Å². The highest BCUT2D eigenvalue weighted by molar-refractivity contribution is 5.83. The zero-order chi connectivity index (χ0) is 19.8. The van der Waals surface area contributed by atoms with Gasteiger partial charge in [-0.2, -0.15) is 13.2 Å². The molecule has 2 atom stereocenters. The summed E-state index contributed by atoms with van der Waals surface area (Å²) in [6.07, 6.45) is -3.91. The zero-order valence-corrected chi connectivity index (χ0v) is 14.5. The summed E-state index contributed by atoms with van der Waals surface area (Å²) in [5.74, 6) is -1.22. The minimum atomic E-state index is -4.47. The van der Waals surface area contributed by atoms with E-state index in [2.05, 4.69) is 9.97 Å². The van der Waals surface area contributed by atoms with Gasteiger partial charge >= 0.3 is 11.9 Å². The number of carbonyl (C=O) groups excluding carboxylic acids is 1. The molecule has 0 spiro atoms. The number of carbonyl (C=O) groups is 1. The van der Waals surface area contributed by atoms with Gasteiger partial charge in [-0.05, 0) is 25.0 Å². The number of nitrogens with zero attached hydrogens (tertiary/aromatic N) is 1.